The number of ether oxygens (including phenoxy) is 2. The number of hydrogen-bond donors (Lipinski definition) is 1. The third-order valence-electron chi connectivity index (χ3n) is 4.62. The summed E-state index contributed by atoms with van der Waals surface area (Å²) in [5.41, 5.74) is 0. The molecule has 0 bridgehead atoms. The largest absolute Gasteiger partial charge is 0.497 e. The summed E-state index contributed by atoms with van der Waals surface area (Å²) in [5.74, 6) is 0.973. The Morgan fingerprint density at radius 3 is 2.52 bits per heavy atom. The van der Waals surface area contributed by atoms with Gasteiger partial charge in [0, 0.05) is 6.07 Å². The van der Waals surface area contributed by atoms with Crippen LogP contribution in [0.3, 0.4) is 0 Å². The van der Waals surface area contributed by atoms with E-state index in [0.717, 1.165) is 4.90 Å². The molecule has 1 N–H and O–H groups in total. The van der Waals surface area contributed by atoms with Crippen molar-refractivity contribution in [1.29, 1.82) is 0 Å². The van der Waals surface area contributed by atoms with Crippen LogP contribution in [0.5, 0.6) is 11.5 Å². The van der Waals surface area contributed by atoms with Crippen LogP contribution in [-0.4, -0.2) is 65.4 Å². The van der Waals surface area contributed by atoms with Crippen molar-refractivity contribution in [2.75, 3.05) is 46.9 Å². The first-order chi connectivity index (χ1) is 13.0. The summed E-state index contributed by atoms with van der Waals surface area (Å²) in [7, 11) is -0.805. The number of methoxy groups -OCH3 is 2. The van der Waals surface area contributed by atoms with E-state index in [-0.39, 0.29) is 23.0 Å². The number of Topliss-reactive ketones (excluding diaryl/α,β-unsaturated/α-hetero) is 1. The number of nitrogens with one attached hydrogen (secondary N) is 1. The van der Waals surface area contributed by atoms with Crippen molar-refractivity contribution in [3.63, 3.8) is 0 Å². The predicted octanol–water partition coefficient (Wildman–Crippen LogP) is 0.0689. The number of piperazine rings is 1. The van der Waals surface area contributed by atoms with Crippen LogP contribution in [0.2, 0.25) is 0 Å². The van der Waals surface area contributed by atoms with Gasteiger partial charge in [0.2, 0.25) is 10.0 Å². The Bertz CT molecular complexity index is 887. The molecule has 146 valence electrons. The number of carbonyl (C=O) groups excluding carboxylic acids is 1. The van der Waals surface area contributed by atoms with Gasteiger partial charge in [0.25, 0.3) is 5.78 Å². The summed E-state index contributed by atoms with van der Waals surface area (Å²) in [6.07, 6.45) is 1.47. The van der Waals surface area contributed by atoms with Gasteiger partial charge >= 0.3 is 0 Å². The van der Waals surface area contributed by atoms with Gasteiger partial charge in [0.05, 0.1) is 46.7 Å². The first kappa shape index (κ1) is 19.4. The molecule has 0 saturated carbocycles. The van der Waals surface area contributed by atoms with Crippen LogP contribution in [0.4, 0.5) is 0 Å². The predicted molar refractivity (Wildman–Crippen MR) is 96.9 cm³/mol. The lowest BCUT2D eigenvalue weighted by molar-refractivity contribution is -0.895. The number of quaternary nitrogens is 1. The summed E-state index contributed by atoms with van der Waals surface area (Å²) in [4.78, 5) is 13.3. The van der Waals surface area contributed by atoms with E-state index in [1.165, 1.54) is 30.9 Å². The van der Waals surface area contributed by atoms with Gasteiger partial charge in [-0.05, 0) is 24.3 Å². The second kappa shape index (κ2) is 8.12. The molecule has 27 heavy (non-hydrogen) atoms. The fraction of sp³-hybridized carbons (Fsp3) is 0.389. The van der Waals surface area contributed by atoms with E-state index in [1.807, 2.05) is 0 Å². The zero-order valence-corrected chi connectivity index (χ0v) is 16.1. The van der Waals surface area contributed by atoms with Gasteiger partial charge in [-0.3, -0.25) is 4.79 Å². The van der Waals surface area contributed by atoms with Crippen molar-refractivity contribution in [3.8, 4) is 11.5 Å². The van der Waals surface area contributed by atoms with Gasteiger partial charge in [-0.15, -0.1) is 0 Å². The lowest BCUT2D eigenvalue weighted by Gasteiger charge is -2.31. The molecule has 8 nitrogen and oxygen atoms in total. The van der Waals surface area contributed by atoms with Crippen LogP contribution >= 0.6 is 0 Å². The van der Waals surface area contributed by atoms with Gasteiger partial charge in [0.15, 0.2) is 5.76 Å². The second-order valence-electron chi connectivity index (χ2n) is 6.25. The van der Waals surface area contributed by atoms with Crippen molar-refractivity contribution in [3.05, 3.63) is 42.4 Å². The number of rotatable bonds is 7. The van der Waals surface area contributed by atoms with Crippen LogP contribution in [0, 0.1) is 0 Å². The summed E-state index contributed by atoms with van der Waals surface area (Å²) in [6.45, 7) is 2.01. The molecule has 0 unspecified atom stereocenters. The molecule has 2 heterocycles. The van der Waals surface area contributed by atoms with Gasteiger partial charge < -0.3 is 18.8 Å². The molecule has 1 saturated heterocycles. The molecular formula is C18H23N2O6S+. The Labute approximate surface area is 158 Å². The third-order valence-corrected chi connectivity index (χ3v) is 6.54. The molecule has 0 atom stereocenters. The third kappa shape index (κ3) is 4.15. The van der Waals surface area contributed by atoms with Crippen molar-refractivity contribution >= 4 is 15.8 Å². The monoisotopic (exact) mass is 395 g/mol. The first-order valence-corrected chi connectivity index (χ1v) is 10.0. The Hall–Kier alpha value is -2.36. The number of benzene rings is 1. The number of furan rings is 1. The Kier molecular flexibility index (Phi) is 5.83. The van der Waals surface area contributed by atoms with E-state index in [2.05, 4.69) is 0 Å². The maximum atomic E-state index is 13.0. The van der Waals surface area contributed by atoms with Crippen LogP contribution in [0.25, 0.3) is 0 Å². The highest BCUT2D eigenvalue weighted by molar-refractivity contribution is 7.89. The summed E-state index contributed by atoms with van der Waals surface area (Å²) >= 11 is 0. The van der Waals surface area contributed by atoms with E-state index in [4.69, 9.17) is 13.9 Å². The molecule has 0 radical (unpaired) electrons. The molecule has 1 aromatic carbocycles. The molecule has 1 aliphatic rings. The Morgan fingerprint density at radius 1 is 1.19 bits per heavy atom. The van der Waals surface area contributed by atoms with Crippen molar-refractivity contribution in [2.24, 2.45) is 0 Å². The van der Waals surface area contributed by atoms with Crippen molar-refractivity contribution in [2.45, 2.75) is 4.90 Å². The summed E-state index contributed by atoms with van der Waals surface area (Å²) in [6, 6.07) is 8.01. The van der Waals surface area contributed by atoms with Crippen LogP contribution < -0.4 is 14.4 Å². The van der Waals surface area contributed by atoms with Gasteiger partial charge in [-0.25, -0.2) is 8.42 Å². The van der Waals surface area contributed by atoms with Crippen LogP contribution in [0.1, 0.15) is 10.6 Å². The quantitative estimate of drug-likeness (QED) is 0.668. The van der Waals surface area contributed by atoms with Crippen molar-refractivity contribution < 1.29 is 32.0 Å². The van der Waals surface area contributed by atoms with E-state index in [0.29, 0.717) is 37.7 Å². The average molecular weight is 395 g/mol. The van der Waals surface area contributed by atoms with E-state index >= 15 is 0 Å². The molecule has 3 rings (SSSR count). The fourth-order valence-electron chi connectivity index (χ4n) is 3.10. The van der Waals surface area contributed by atoms with Crippen LogP contribution in [-0.2, 0) is 10.0 Å². The zero-order valence-electron chi connectivity index (χ0n) is 15.3. The maximum Gasteiger partial charge on any atom is 0.251 e. The van der Waals surface area contributed by atoms with Gasteiger partial charge in [-0.1, -0.05) is 0 Å². The molecule has 1 fully saturated rings. The molecular weight excluding hydrogens is 372 g/mol. The lowest BCUT2D eigenvalue weighted by atomic mass is 10.2. The lowest BCUT2D eigenvalue weighted by Crippen LogP contribution is -3.15. The maximum absolute atomic E-state index is 13.0. The summed E-state index contributed by atoms with van der Waals surface area (Å²) < 4.78 is 43.0. The molecule has 1 aliphatic heterocycles. The highest BCUT2D eigenvalue weighted by atomic mass is 32.2. The first-order valence-electron chi connectivity index (χ1n) is 8.58. The highest BCUT2D eigenvalue weighted by Crippen LogP contribution is 2.30. The minimum Gasteiger partial charge on any atom is -0.497 e. The average Bonchev–Trinajstić information content (AvgIpc) is 3.23. The standard InChI is InChI=1S/C18H22N2O6S/c1-24-14-5-6-17(25-2)18(12-14)27(22,23)20-9-7-19(8-10-20)13-15(21)16-4-3-11-26-16/h3-6,11-12H,7-10,13H2,1-2H3/p+1. The summed E-state index contributed by atoms with van der Waals surface area (Å²) in [5, 5.41) is 0. The molecule has 1 aromatic heterocycles. The van der Waals surface area contributed by atoms with Gasteiger partial charge in [0.1, 0.15) is 22.9 Å². The number of carbonyl (C=O) groups is 1. The molecule has 0 amide bonds. The molecule has 2 aromatic rings. The number of nitrogens with zero attached hydrogens (tertiary/aromatic N) is 1. The number of hydrogen-bond acceptors (Lipinski definition) is 6. The number of sulfonamides is 1. The van der Waals surface area contributed by atoms with E-state index in [9.17, 15) is 13.2 Å². The topological polar surface area (TPSA) is 90.5 Å². The van der Waals surface area contributed by atoms with E-state index in [1.54, 1.807) is 24.3 Å². The number of ketones is 1. The fourth-order valence-corrected chi connectivity index (χ4v) is 4.71. The minimum atomic E-state index is -3.72. The Balaban J connectivity index is 1.69. The SMILES string of the molecule is COc1ccc(OC)c(S(=O)(=O)N2CC[NH+](CC(=O)c3ccco3)CC2)c1. The van der Waals surface area contributed by atoms with Crippen LogP contribution in [0.15, 0.2) is 45.9 Å². The smallest absolute Gasteiger partial charge is 0.251 e. The van der Waals surface area contributed by atoms with Crippen molar-refractivity contribution in [1.82, 2.24) is 4.31 Å². The highest BCUT2D eigenvalue weighted by Gasteiger charge is 2.33. The normalized spacial score (nSPS) is 16.2. The molecule has 0 spiro atoms. The van der Waals surface area contributed by atoms with Gasteiger partial charge in [-0.2, -0.15) is 4.31 Å². The Morgan fingerprint density at radius 2 is 1.93 bits per heavy atom. The van der Waals surface area contributed by atoms with E-state index < -0.39 is 10.0 Å². The molecule has 0 aliphatic carbocycles. The minimum absolute atomic E-state index is 0.0826. The second-order valence-corrected chi connectivity index (χ2v) is 8.15. The molecule has 9 heteroatoms. The zero-order chi connectivity index (χ0) is 19.4.